The van der Waals surface area contributed by atoms with Gasteiger partial charge >= 0.3 is 0 Å². The average molecular weight is 586 g/mol. The number of nitrogens with zero attached hydrogens (tertiary/aromatic N) is 2. The average Bonchev–Trinajstić information content (AvgIpc) is 2.89. The first kappa shape index (κ1) is 31.0. The van der Waals surface area contributed by atoms with Crippen LogP contribution in [0.5, 0.6) is 5.75 Å². The van der Waals surface area contributed by atoms with Crippen molar-refractivity contribution in [2.75, 3.05) is 18.0 Å². The van der Waals surface area contributed by atoms with Gasteiger partial charge in [0.2, 0.25) is 11.8 Å². The maximum Gasteiger partial charge on any atom is 0.264 e. The molecule has 0 radical (unpaired) electrons. The monoisotopic (exact) mass is 585 g/mol. The Morgan fingerprint density at radius 3 is 2.20 bits per heavy atom. The summed E-state index contributed by atoms with van der Waals surface area (Å²) in [6, 6.07) is 19.2. The second-order valence-corrected chi connectivity index (χ2v) is 12.9. The van der Waals surface area contributed by atoms with Crippen LogP contribution in [0.2, 0.25) is 5.02 Å². The first-order valence-electron chi connectivity index (χ1n) is 12.8. The van der Waals surface area contributed by atoms with Crippen LogP contribution in [0, 0.1) is 6.92 Å². The van der Waals surface area contributed by atoms with E-state index in [0.29, 0.717) is 0 Å². The highest BCUT2D eigenvalue weighted by Gasteiger charge is 2.34. The van der Waals surface area contributed by atoms with Crippen LogP contribution in [-0.2, 0) is 26.2 Å². The van der Waals surface area contributed by atoms with E-state index in [1.165, 1.54) is 30.2 Å². The van der Waals surface area contributed by atoms with Crippen molar-refractivity contribution in [3.05, 3.63) is 88.9 Å². The normalized spacial score (nSPS) is 12.4. The van der Waals surface area contributed by atoms with Gasteiger partial charge in [0.1, 0.15) is 18.3 Å². The zero-order valence-corrected chi connectivity index (χ0v) is 25.2. The summed E-state index contributed by atoms with van der Waals surface area (Å²) >= 11 is 6.27. The van der Waals surface area contributed by atoms with Crippen molar-refractivity contribution in [2.24, 2.45) is 0 Å². The van der Waals surface area contributed by atoms with E-state index in [9.17, 15) is 18.0 Å². The van der Waals surface area contributed by atoms with Gasteiger partial charge in [-0.15, -0.1) is 0 Å². The van der Waals surface area contributed by atoms with Crippen LogP contribution in [0.1, 0.15) is 38.8 Å². The first-order valence-corrected chi connectivity index (χ1v) is 14.6. The Bertz CT molecular complexity index is 1440. The summed E-state index contributed by atoms with van der Waals surface area (Å²) in [6.07, 6.45) is 0. The summed E-state index contributed by atoms with van der Waals surface area (Å²) in [6.45, 7) is 8.53. The van der Waals surface area contributed by atoms with Crippen molar-refractivity contribution in [2.45, 2.75) is 57.6 Å². The highest BCUT2D eigenvalue weighted by Crippen LogP contribution is 2.35. The molecule has 1 atom stereocenters. The zero-order valence-electron chi connectivity index (χ0n) is 23.6. The fraction of sp³-hybridized carbons (Fsp3) is 0.333. The molecule has 0 aliphatic rings. The number of halogens is 1. The number of methoxy groups -OCH3 is 1. The molecule has 0 saturated heterocycles. The van der Waals surface area contributed by atoms with Gasteiger partial charge in [0.05, 0.1) is 17.7 Å². The summed E-state index contributed by atoms with van der Waals surface area (Å²) < 4.78 is 34.5. The molecule has 40 heavy (non-hydrogen) atoms. The molecular weight excluding hydrogens is 550 g/mol. The molecule has 0 spiro atoms. The number of hydrogen-bond acceptors (Lipinski definition) is 5. The molecule has 2 amide bonds. The number of benzene rings is 3. The third kappa shape index (κ3) is 7.76. The number of sulfonamides is 1. The van der Waals surface area contributed by atoms with Crippen molar-refractivity contribution >= 4 is 39.1 Å². The van der Waals surface area contributed by atoms with Crippen molar-refractivity contribution in [3.63, 3.8) is 0 Å². The lowest BCUT2D eigenvalue weighted by Gasteiger charge is -2.33. The molecule has 0 aliphatic carbocycles. The molecular formula is C30H36ClN3O5S. The SMILES string of the molecule is COc1ccc(Cl)cc1N(CC(=O)N(Cc1ccccc1)[C@H](C)C(=O)NC(C)(C)C)S(=O)(=O)c1ccc(C)cc1. The van der Waals surface area contributed by atoms with Crippen molar-refractivity contribution in [3.8, 4) is 5.75 Å². The molecule has 0 aromatic heterocycles. The third-order valence-corrected chi connectivity index (χ3v) is 8.17. The van der Waals surface area contributed by atoms with E-state index in [4.69, 9.17) is 16.3 Å². The number of ether oxygens (including phenoxy) is 1. The van der Waals surface area contributed by atoms with E-state index in [2.05, 4.69) is 5.32 Å². The topological polar surface area (TPSA) is 96.0 Å². The van der Waals surface area contributed by atoms with Gasteiger partial charge in [0.25, 0.3) is 10.0 Å². The Hall–Kier alpha value is -3.56. The molecule has 214 valence electrons. The summed E-state index contributed by atoms with van der Waals surface area (Å²) in [4.78, 5) is 28.6. The lowest BCUT2D eigenvalue weighted by Crippen LogP contribution is -2.54. The Morgan fingerprint density at radius 1 is 1.00 bits per heavy atom. The number of rotatable bonds is 10. The minimum atomic E-state index is -4.25. The van der Waals surface area contributed by atoms with Crippen LogP contribution in [-0.4, -0.2) is 50.4 Å². The quantitative estimate of drug-likeness (QED) is 0.353. The van der Waals surface area contributed by atoms with Crippen LogP contribution in [0.15, 0.2) is 77.7 Å². The van der Waals surface area contributed by atoms with Gasteiger partial charge in [-0.3, -0.25) is 13.9 Å². The van der Waals surface area contributed by atoms with Gasteiger partial charge in [-0.1, -0.05) is 59.6 Å². The number of carbonyl (C=O) groups excluding carboxylic acids is 2. The van der Waals surface area contributed by atoms with Crippen LogP contribution in [0.25, 0.3) is 0 Å². The lowest BCUT2D eigenvalue weighted by molar-refractivity contribution is -0.140. The molecule has 1 N–H and O–H groups in total. The molecule has 3 aromatic rings. The predicted molar refractivity (Wildman–Crippen MR) is 158 cm³/mol. The van der Waals surface area contributed by atoms with E-state index in [-0.39, 0.29) is 33.8 Å². The highest BCUT2D eigenvalue weighted by atomic mass is 35.5. The number of carbonyl (C=O) groups is 2. The summed E-state index contributed by atoms with van der Waals surface area (Å²) in [5.74, 6) is -0.704. The van der Waals surface area contributed by atoms with Gasteiger partial charge in [-0.2, -0.15) is 0 Å². The van der Waals surface area contributed by atoms with Crippen molar-refractivity contribution < 1.29 is 22.7 Å². The lowest BCUT2D eigenvalue weighted by atomic mass is 10.1. The molecule has 0 fully saturated rings. The van der Waals surface area contributed by atoms with E-state index >= 15 is 0 Å². The van der Waals surface area contributed by atoms with E-state index in [1.54, 1.807) is 31.2 Å². The number of hydrogen-bond donors (Lipinski definition) is 1. The summed E-state index contributed by atoms with van der Waals surface area (Å²) in [5, 5.41) is 3.18. The van der Waals surface area contributed by atoms with Crippen LogP contribution >= 0.6 is 11.6 Å². The summed E-state index contributed by atoms with van der Waals surface area (Å²) in [5.41, 5.74) is 1.26. The maximum absolute atomic E-state index is 14.0. The number of amides is 2. The Morgan fingerprint density at radius 2 is 1.62 bits per heavy atom. The van der Waals surface area contributed by atoms with Crippen LogP contribution in [0.3, 0.4) is 0 Å². The molecule has 0 heterocycles. The standard InChI is InChI=1S/C30H36ClN3O5S/c1-21-12-15-25(16-13-21)40(37,38)34(26-18-24(31)14-17-27(26)39-6)20-28(35)33(19-23-10-8-7-9-11-23)22(2)29(36)32-30(3,4)5/h7-18,22H,19-20H2,1-6H3,(H,32,36)/t22-/m1/s1. The predicted octanol–water partition coefficient (Wildman–Crippen LogP) is 5.18. The molecule has 3 aromatic carbocycles. The fourth-order valence-electron chi connectivity index (χ4n) is 4.05. The number of anilines is 1. The Balaban J connectivity index is 2.10. The fourth-order valence-corrected chi connectivity index (χ4v) is 5.63. The third-order valence-electron chi connectivity index (χ3n) is 6.16. The van der Waals surface area contributed by atoms with Crippen molar-refractivity contribution in [1.82, 2.24) is 10.2 Å². The van der Waals surface area contributed by atoms with Crippen LogP contribution in [0.4, 0.5) is 5.69 Å². The second kappa shape index (κ2) is 12.7. The zero-order chi connectivity index (χ0) is 29.7. The smallest absolute Gasteiger partial charge is 0.264 e. The van der Waals surface area contributed by atoms with E-state index in [0.717, 1.165) is 15.4 Å². The first-order chi connectivity index (χ1) is 18.7. The Kier molecular flexibility index (Phi) is 9.87. The highest BCUT2D eigenvalue weighted by molar-refractivity contribution is 7.92. The second-order valence-electron chi connectivity index (χ2n) is 10.6. The summed E-state index contributed by atoms with van der Waals surface area (Å²) in [7, 11) is -2.84. The largest absolute Gasteiger partial charge is 0.495 e. The van der Waals surface area contributed by atoms with Crippen LogP contribution < -0.4 is 14.4 Å². The number of nitrogens with one attached hydrogen (secondary N) is 1. The van der Waals surface area contributed by atoms with Gasteiger partial charge in [-0.25, -0.2) is 8.42 Å². The van der Waals surface area contributed by atoms with Gasteiger partial charge in [-0.05, 0) is 70.5 Å². The molecule has 0 aliphatic heterocycles. The Labute approximate surface area is 241 Å². The molecule has 10 heteroatoms. The maximum atomic E-state index is 14.0. The van der Waals surface area contributed by atoms with E-state index in [1.807, 2.05) is 58.0 Å². The number of aryl methyl sites for hydroxylation is 1. The van der Waals surface area contributed by atoms with Crippen molar-refractivity contribution in [1.29, 1.82) is 0 Å². The minimum absolute atomic E-state index is 0.000983. The van der Waals surface area contributed by atoms with Gasteiger partial charge in [0, 0.05) is 17.1 Å². The molecule has 0 unspecified atom stereocenters. The van der Waals surface area contributed by atoms with E-state index < -0.39 is 34.1 Å². The van der Waals surface area contributed by atoms with Gasteiger partial charge in [0.15, 0.2) is 0 Å². The van der Waals surface area contributed by atoms with Gasteiger partial charge < -0.3 is 15.0 Å². The molecule has 0 saturated carbocycles. The minimum Gasteiger partial charge on any atom is -0.495 e. The molecule has 3 rings (SSSR count). The molecule has 0 bridgehead atoms. The molecule has 8 nitrogen and oxygen atoms in total.